The molecule has 0 spiro atoms. The number of carbonyl (C=O) groups excluding carboxylic acids is 1. The minimum absolute atomic E-state index is 0.0306. The van der Waals surface area contributed by atoms with Gasteiger partial charge in [0.1, 0.15) is 0 Å². The number of urea groups is 1. The van der Waals surface area contributed by atoms with E-state index >= 15 is 0 Å². The maximum atomic E-state index is 11.5. The molecule has 5 nitrogen and oxygen atoms in total. The van der Waals surface area contributed by atoms with Crippen molar-refractivity contribution < 1.29 is 10.0 Å². The molecule has 5 heteroatoms. The lowest BCUT2D eigenvalue weighted by molar-refractivity contribution is 0.194. The number of oxime groups is 1. The Morgan fingerprint density at radius 3 is 2.50 bits per heavy atom. The van der Waals surface area contributed by atoms with Gasteiger partial charge in [-0.3, -0.25) is 0 Å². The maximum absolute atomic E-state index is 11.5. The van der Waals surface area contributed by atoms with Crippen LogP contribution in [0.25, 0.3) is 0 Å². The zero-order chi connectivity index (χ0) is 10.6. The summed E-state index contributed by atoms with van der Waals surface area (Å²) in [4.78, 5) is 13.3. The second-order valence-corrected chi connectivity index (χ2v) is 3.76. The van der Waals surface area contributed by atoms with Gasteiger partial charge in [-0.2, -0.15) is 0 Å². The highest BCUT2D eigenvalue weighted by molar-refractivity contribution is 5.86. The molecule has 1 saturated heterocycles. The summed E-state index contributed by atoms with van der Waals surface area (Å²) in [6.07, 6.45) is 1.34. The van der Waals surface area contributed by atoms with Gasteiger partial charge in [0.05, 0.1) is 5.71 Å². The van der Waals surface area contributed by atoms with Gasteiger partial charge in [-0.25, -0.2) is 4.79 Å². The third-order valence-corrected chi connectivity index (χ3v) is 2.18. The average molecular weight is 199 g/mol. The fourth-order valence-corrected chi connectivity index (χ4v) is 1.41. The highest BCUT2D eigenvalue weighted by atomic mass is 16.4. The molecule has 0 aromatic carbocycles. The van der Waals surface area contributed by atoms with Crippen LogP contribution in [0.2, 0.25) is 0 Å². The van der Waals surface area contributed by atoms with E-state index in [-0.39, 0.29) is 12.1 Å². The van der Waals surface area contributed by atoms with Crippen LogP contribution in [0.15, 0.2) is 5.16 Å². The minimum Gasteiger partial charge on any atom is -0.411 e. The molecule has 1 aliphatic rings. The summed E-state index contributed by atoms with van der Waals surface area (Å²) in [7, 11) is 0. The van der Waals surface area contributed by atoms with Crippen molar-refractivity contribution in [3.63, 3.8) is 0 Å². The van der Waals surface area contributed by atoms with Crippen LogP contribution in [-0.4, -0.2) is 41.0 Å². The molecule has 1 rings (SSSR count). The van der Waals surface area contributed by atoms with Crippen molar-refractivity contribution in [2.75, 3.05) is 13.1 Å². The van der Waals surface area contributed by atoms with Gasteiger partial charge in [0.2, 0.25) is 0 Å². The van der Waals surface area contributed by atoms with Crippen LogP contribution in [0.4, 0.5) is 4.79 Å². The van der Waals surface area contributed by atoms with E-state index in [1.165, 1.54) is 0 Å². The SMILES string of the molecule is CC(C)NC(=O)N1CCC(=NO)CC1. The molecule has 0 aromatic heterocycles. The van der Waals surface area contributed by atoms with Crippen LogP contribution >= 0.6 is 0 Å². The fraction of sp³-hybridized carbons (Fsp3) is 0.778. The third kappa shape index (κ3) is 2.90. The predicted octanol–water partition coefficient (Wildman–Crippen LogP) is 1.03. The normalized spacial score (nSPS) is 17.1. The highest BCUT2D eigenvalue weighted by Gasteiger charge is 2.19. The Labute approximate surface area is 83.8 Å². The number of piperidine rings is 1. The zero-order valence-electron chi connectivity index (χ0n) is 8.66. The molecule has 14 heavy (non-hydrogen) atoms. The summed E-state index contributed by atoms with van der Waals surface area (Å²) in [6.45, 7) is 5.14. The van der Waals surface area contributed by atoms with Crippen molar-refractivity contribution in [1.82, 2.24) is 10.2 Å². The molecule has 1 heterocycles. The van der Waals surface area contributed by atoms with E-state index in [1.807, 2.05) is 13.8 Å². The van der Waals surface area contributed by atoms with Crippen molar-refractivity contribution in [2.24, 2.45) is 5.16 Å². The number of nitrogens with zero attached hydrogens (tertiary/aromatic N) is 2. The molecule has 80 valence electrons. The standard InChI is InChI=1S/C9H17N3O2/c1-7(2)10-9(13)12-5-3-8(11-14)4-6-12/h7,14H,3-6H2,1-2H3,(H,10,13). The van der Waals surface area contributed by atoms with Crippen LogP contribution in [0.1, 0.15) is 26.7 Å². The first-order valence-corrected chi connectivity index (χ1v) is 4.88. The number of hydrogen-bond donors (Lipinski definition) is 2. The van der Waals surface area contributed by atoms with E-state index in [2.05, 4.69) is 10.5 Å². The fourth-order valence-electron chi connectivity index (χ4n) is 1.41. The number of likely N-dealkylation sites (tertiary alicyclic amines) is 1. The van der Waals surface area contributed by atoms with Crippen molar-refractivity contribution >= 4 is 11.7 Å². The zero-order valence-corrected chi connectivity index (χ0v) is 8.66. The number of nitrogens with one attached hydrogen (secondary N) is 1. The van der Waals surface area contributed by atoms with Crippen LogP contribution in [0.5, 0.6) is 0 Å². The van der Waals surface area contributed by atoms with Gasteiger partial charge in [-0.15, -0.1) is 0 Å². The quantitative estimate of drug-likeness (QED) is 0.489. The molecule has 0 saturated carbocycles. The van der Waals surface area contributed by atoms with Crippen molar-refractivity contribution in [2.45, 2.75) is 32.7 Å². The second kappa shape index (κ2) is 4.83. The van der Waals surface area contributed by atoms with Gasteiger partial charge >= 0.3 is 6.03 Å². The molecule has 2 N–H and O–H groups in total. The Morgan fingerprint density at radius 2 is 2.07 bits per heavy atom. The highest BCUT2D eigenvalue weighted by Crippen LogP contribution is 2.07. The van der Waals surface area contributed by atoms with Gasteiger partial charge in [-0.05, 0) is 13.8 Å². The lowest BCUT2D eigenvalue weighted by atomic mass is 10.1. The number of hydrogen-bond acceptors (Lipinski definition) is 3. The van der Waals surface area contributed by atoms with Crippen LogP contribution < -0.4 is 5.32 Å². The molecule has 0 unspecified atom stereocenters. The van der Waals surface area contributed by atoms with Crippen LogP contribution in [-0.2, 0) is 0 Å². The largest absolute Gasteiger partial charge is 0.411 e. The molecule has 2 amide bonds. The van der Waals surface area contributed by atoms with Gasteiger partial charge in [0.25, 0.3) is 0 Å². The van der Waals surface area contributed by atoms with Gasteiger partial charge < -0.3 is 15.4 Å². The molecular weight excluding hydrogens is 182 g/mol. The summed E-state index contributed by atoms with van der Waals surface area (Å²) >= 11 is 0. The smallest absolute Gasteiger partial charge is 0.317 e. The molecule has 0 atom stereocenters. The molecule has 0 aliphatic carbocycles. The summed E-state index contributed by atoms with van der Waals surface area (Å²) < 4.78 is 0. The Balaban J connectivity index is 2.38. The molecule has 0 bridgehead atoms. The second-order valence-electron chi connectivity index (χ2n) is 3.76. The molecular formula is C9H17N3O2. The summed E-state index contributed by atoms with van der Waals surface area (Å²) in [5.41, 5.74) is 0.776. The summed E-state index contributed by atoms with van der Waals surface area (Å²) in [5, 5.41) is 14.5. The first kappa shape index (κ1) is 10.8. The van der Waals surface area contributed by atoms with E-state index in [4.69, 9.17) is 5.21 Å². The monoisotopic (exact) mass is 199 g/mol. The molecule has 1 aliphatic heterocycles. The van der Waals surface area contributed by atoms with E-state index in [9.17, 15) is 4.79 Å². The number of carbonyl (C=O) groups is 1. The predicted molar refractivity (Wildman–Crippen MR) is 53.7 cm³/mol. The average Bonchev–Trinajstić information content (AvgIpc) is 2.17. The van der Waals surface area contributed by atoms with Crippen LogP contribution in [0, 0.1) is 0 Å². The van der Waals surface area contributed by atoms with Crippen LogP contribution in [0.3, 0.4) is 0 Å². The Morgan fingerprint density at radius 1 is 1.50 bits per heavy atom. The van der Waals surface area contributed by atoms with Crippen molar-refractivity contribution in [3.8, 4) is 0 Å². The lowest BCUT2D eigenvalue weighted by Gasteiger charge is -2.28. The Bertz CT molecular complexity index is 228. The number of amides is 2. The Kier molecular flexibility index (Phi) is 3.73. The first-order chi connectivity index (χ1) is 6.63. The summed E-state index contributed by atoms with van der Waals surface area (Å²) in [5.74, 6) is 0. The molecule has 0 aromatic rings. The van der Waals surface area contributed by atoms with Crippen molar-refractivity contribution in [1.29, 1.82) is 0 Å². The van der Waals surface area contributed by atoms with E-state index in [0.29, 0.717) is 25.9 Å². The third-order valence-electron chi connectivity index (χ3n) is 2.18. The number of rotatable bonds is 1. The van der Waals surface area contributed by atoms with Gasteiger partial charge in [-0.1, -0.05) is 5.16 Å². The maximum Gasteiger partial charge on any atom is 0.317 e. The lowest BCUT2D eigenvalue weighted by Crippen LogP contribution is -2.46. The van der Waals surface area contributed by atoms with E-state index in [1.54, 1.807) is 4.90 Å². The molecule has 0 radical (unpaired) electrons. The first-order valence-electron chi connectivity index (χ1n) is 4.88. The van der Waals surface area contributed by atoms with Gasteiger partial charge in [0.15, 0.2) is 0 Å². The Hall–Kier alpha value is -1.26. The summed E-state index contributed by atoms with van der Waals surface area (Å²) in [6, 6.07) is 0.132. The van der Waals surface area contributed by atoms with E-state index < -0.39 is 0 Å². The van der Waals surface area contributed by atoms with Gasteiger partial charge in [0, 0.05) is 32.0 Å². The van der Waals surface area contributed by atoms with E-state index in [0.717, 1.165) is 5.71 Å². The molecule has 1 fully saturated rings. The topological polar surface area (TPSA) is 64.9 Å². The minimum atomic E-state index is -0.0306. The van der Waals surface area contributed by atoms with Crippen molar-refractivity contribution in [3.05, 3.63) is 0 Å².